The highest BCUT2D eigenvalue weighted by atomic mass is 32.2. The van der Waals surface area contributed by atoms with Gasteiger partial charge in [-0.25, -0.2) is 0 Å². The van der Waals surface area contributed by atoms with Crippen LogP contribution in [-0.2, 0) is 10.1 Å². The number of nitrogens with zero attached hydrogens (tertiary/aromatic N) is 1. The molecule has 1 radical (unpaired) electrons. The van der Waals surface area contributed by atoms with Crippen molar-refractivity contribution in [1.82, 2.24) is 0 Å². The fourth-order valence-corrected chi connectivity index (χ4v) is 7.16. The lowest BCUT2D eigenvalue weighted by molar-refractivity contribution is -0.0908. The van der Waals surface area contributed by atoms with Gasteiger partial charge >= 0.3 is 7.48 Å². The molecular weight excluding hydrogens is 473 g/mol. The minimum Gasteiger partial charge on any atom is -0.432 e. The summed E-state index contributed by atoms with van der Waals surface area (Å²) >= 11 is 1.82. The molecule has 3 aromatic carbocycles. The van der Waals surface area contributed by atoms with Crippen LogP contribution >= 0.6 is 11.8 Å². The molecule has 0 fully saturated rings. The Morgan fingerprint density at radius 3 is 2.43 bits per heavy atom. The van der Waals surface area contributed by atoms with Gasteiger partial charge in [-0.2, -0.15) is 5.26 Å². The van der Waals surface area contributed by atoms with Crippen LogP contribution in [0.1, 0.15) is 56.4 Å². The number of nitriles is 1. The summed E-state index contributed by atoms with van der Waals surface area (Å²) in [6.45, 7) is 7.42. The Bertz CT molecular complexity index is 1520. The molecule has 0 bridgehead atoms. The van der Waals surface area contributed by atoms with E-state index in [1.54, 1.807) is 13.8 Å². The average molecular weight is 502 g/mol. The van der Waals surface area contributed by atoms with Gasteiger partial charge in [-0.1, -0.05) is 78.5 Å². The van der Waals surface area contributed by atoms with Crippen LogP contribution in [0.2, 0.25) is 5.82 Å². The van der Waals surface area contributed by atoms with Crippen LogP contribution in [0.25, 0.3) is 11.1 Å². The van der Waals surface area contributed by atoms with Gasteiger partial charge in [0.05, 0.1) is 28.2 Å². The van der Waals surface area contributed by atoms with Crippen molar-refractivity contribution in [2.75, 3.05) is 0 Å². The topological polar surface area (TPSA) is 53.2 Å². The quantitative estimate of drug-likeness (QED) is 0.385. The molecule has 0 amide bonds. The van der Waals surface area contributed by atoms with Crippen LogP contribution in [0.5, 0.6) is 0 Å². The number of hydrogen-bond acceptors (Lipinski definition) is 4. The second-order valence-corrected chi connectivity index (χ2v) is 12.2. The van der Waals surface area contributed by atoms with Crippen molar-refractivity contribution in [2.45, 2.75) is 61.4 Å². The fraction of sp³-hybridized carbons (Fsp3) is 0.281. The third kappa shape index (κ3) is 3.43. The molecule has 3 nitrogen and oxygen atoms in total. The summed E-state index contributed by atoms with van der Waals surface area (Å²) in [7, 11) is 1.93. The highest BCUT2D eigenvalue weighted by Gasteiger charge is 2.52. The zero-order valence-electron chi connectivity index (χ0n) is 21.6. The maximum Gasteiger partial charge on any atom is 0.302 e. The molecule has 2 aliphatic carbocycles. The number of rotatable bonds is 4. The first-order chi connectivity index (χ1) is 17.7. The van der Waals surface area contributed by atoms with E-state index in [4.69, 9.17) is 4.65 Å². The van der Waals surface area contributed by atoms with E-state index in [0.717, 1.165) is 23.1 Å². The molecule has 2 unspecified atom stereocenters. The van der Waals surface area contributed by atoms with Gasteiger partial charge in [0.15, 0.2) is 0 Å². The molecule has 0 saturated carbocycles. The van der Waals surface area contributed by atoms with E-state index in [0.29, 0.717) is 5.56 Å². The van der Waals surface area contributed by atoms with Crippen LogP contribution in [-0.4, -0.2) is 23.8 Å². The first-order valence-corrected chi connectivity index (χ1v) is 13.6. The molecule has 1 aliphatic heterocycles. The minimum absolute atomic E-state index is 0.0483. The summed E-state index contributed by atoms with van der Waals surface area (Å²) in [5.41, 5.74) is 5.51. The molecule has 5 heteroatoms. The Kier molecular flexibility index (Phi) is 5.58. The lowest BCUT2D eigenvalue weighted by Gasteiger charge is -2.44. The van der Waals surface area contributed by atoms with E-state index >= 15 is 0 Å². The lowest BCUT2D eigenvalue weighted by Crippen LogP contribution is -2.48. The zero-order valence-corrected chi connectivity index (χ0v) is 22.4. The van der Waals surface area contributed by atoms with Gasteiger partial charge in [-0.3, -0.25) is 0 Å². The van der Waals surface area contributed by atoms with Gasteiger partial charge in [0.25, 0.3) is 0 Å². The molecule has 1 N–H and O–H groups in total. The van der Waals surface area contributed by atoms with Gasteiger partial charge in [0, 0.05) is 10.5 Å². The average Bonchev–Trinajstić information content (AvgIpc) is 3.18. The summed E-state index contributed by atoms with van der Waals surface area (Å²) in [5, 5.41) is 20.7. The fourth-order valence-electron chi connectivity index (χ4n) is 5.81. The van der Waals surface area contributed by atoms with Gasteiger partial charge in [0.2, 0.25) is 0 Å². The normalized spacial score (nSPS) is 21.7. The van der Waals surface area contributed by atoms with Crippen molar-refractivity contribution >= 4 is 19.2 Å². The summed E-state index contributed by atoms with van der Waals surface area (Å²) in [5.74, 6) is 0.0483. The van der Waals surface area contributed by atoms with Crippen molar-refractivity contribution in [3.63, 3.8) is 0 Å². The number of hydrogen-bond donors (Lipinski definition) is 1. The molecule has 1 spiro atoms. The van der Waals surface area contributed by atoms with Crippen LogP contribution in [0, 0.1) is 11.3 Å². The monoisotopic (exact) mass is 502 g/mol. The SMILES string of the molecule is CC(C)(O)C(C)(C)O[B]C1CC=CC2=C1Sc1ccccc1C21c2ccccc2-c2c(C#N)cccc21. The van der Waals surface area contributed by atoms with Gasteiger partial charge in [-0.15, -0.1) is 0 Å². The summed E-state index contributed by atoms with van der Waals surface area (Å²) in [6, 6.07) is 25.8. The molecule has 2 atom stereocenters. The van der Waals surface area contributed by atoms with Gasteiger partial charge < -0.3 is 9.76 Å². The second-order valence-electron chi connectivity index (χ2n) is 11.1. The summed E-state index contributed by atoms with van der Waals surface area (Å²) in [6.07, 6.45) is 5.36. The molecule has 183 valence electrons. The molecular formula is C32H29BNO2S. The molecule has 0 aromatic heterocycles. The van der Waals surface area contributed by atoms with E-state index < -0.39 is 16.6 Å². The van der Waals surface area contributed by atoms with Crippen molar-refractivity contribution in [1.29, 1.82) is 5.26 Å². The third-order valence-electron chi connectivity index (χ3n) is 8.38. The third-order valence-corrected chi connectivity index (χ3v) is 9.70. The van der Waals surface area contributed by atoms with Crippen molar-refractivity contribution in [2.24, 2.45) is 0 Å². The summed E-state index contributed by atoms with van der Waals surface area (Å²) < 4.78 is 6.30. The second kappa shape index (κ2) is 8.50. The first-order valence-electron chi connectivity index (χ1n) is 12.8. The molecule has 6 rings (SSSR count). The maximum atomic E-state index is 10.7. The highest BCUT2D eigenvalue weighted by molar-refractivity contribution is 8.03. The highest BCUT2D eigenvalue weighted by Crippen LogP contribution is 2.64. The van der Waals surface area contributed by atoms with E-state index in [1.807, 2.05) is 45.2 Å². The molecule has 3 aliphatic rings. The number of benzene rings is 3. The maximum absolute atomic E-state index is 10.7. The van der Waals surface area contributed by atoms with E-state index in [2.05, 4.69) is 72.8 Å². The Morgan fingerprint density at radius 2 is 1.68 bits per heavy atom. The molecule has 0 saturated heterocycles. The van der Waals surface area contributed by atoms with Crippen LogP contribution < -0.4 is 0 Å². The largest absolute Gasteiger partial charge is 0.432 e. The van der Waals surface area contributed by atoms with Crippen molar-refractivity contribution in [3.8, 4) is 17.2 Å². The predicted molar refractivity (Wildman–Crippen MR) is 151 cm³/mol. The van der Waals surface area contributed by atoms with Gasteiger partial charge in [0.1, 0.15) is 0 Å². The van der Waals surface area contributed by atoms with Gasteiger partial charge in [-0.05, 0) is 84.8 Å². The van der Waals surface area contributed by atoms with E-state index in [-0.39, 0.29) is 5.82 Å². The van der Waals surface area contributed by atoms with Crippen LogP contribution in [0.15, 0.2) is 94.3 Å². The Hall–Kier alpha value is -3.04. The Labute approximate surface area is 224 Å². The number of allylic oxidation sites excluding steroid dienone is 4. The Morgan fingerprint density at radius 1 is 0.973 bits per heavy atom. The minimum atomic E-state index is -0.990. The molecule has 37 heavy (non-hydrogen) atoms. The lowest BCUT2D eigenvalue weighted by atomic mass is 9.62. The smallest absolute Gasteiger partial charge is 0.302 e. The number of fused-ring (bicyclic) bond motifs is 8. The van der Waals surface area contributed by atoms with E-state index in [9.17, 15) is 10.4 Å². The molecule has 1 heterocycles. The van der Waals surface area contributed by atoms with Crippen molar-refractivity contribution in [3.05, 3.63) is 112 Å². The van der Waals surface area contributed by atoms with Crippen LogP contribution in [0.3, 0.4) is 0 Å². The Balaban J connectivity index is 1.60. The molecule has 3 aromatic rings. The van der Waals surface area contributed by atoms with E-state index in [1.165, 1.54) is 26.5 Å². The van der Waals surface area contributed by atoms with Crippen LogP contribution in [0.4, 0.5) is 0 Å². The van der Waals surface area contributed by atoms with Crippen molar-refractivity contribution < 1.29 is 9.76 Å². The number of aliphatic hydroxyl groups is 1. The number of thioether (sulfide) groups is 1. The summed E-state index contributed by atoms with van der Waals surface area (Å²) in [4.78, 5) is 2.49. The first kappa shape index (κ1) is 24.3. The standard InChI is InChI=1S/C32H29BNO2S/c1-30(2,35)31(3,4)36-33-26-17-10-16-25-29(26)37-27-18-8-7-14-23(27)32(25)22-13-6-5-12-21(22)28-20(19-34)11-9-15-24(28)32/h5-16,18,26,35H,17H2,1-4H3. The predicted octanol–water partition coefficient (Wildman–Crippen LogP) is 7.17. The zero-order chi connectivity index (χ0) is 26.0.